The topological polar surface area (TPSA) is 53.0 Å². The highest BCUT2D eigenvalue weighted by atomic mass is 16.1. The summed E-state index contributed by atoms with van der Waals surface area (Å²) in [6.07, 6.45) is 6.83. The van der Waals surface area contributed by atoms with Gasteiger partial charge in [-0.25, -0.2) is 0 Å². The summed E-state index contributed by atoms with van der Waals surface area (Å²) >= 11 is 0. The molecule has 0 saturated carbocycles. The first kappa shape index (κ1) is 10.6. The average Bonchev–Trinajstić information content (AvgIpc) is 2.68. The monoisotopic (exact) mass is 214 g/mol. The number of carbonyl (C=O) groups is 1. The van der Waals surface area contributed by atoms with Crippen LogP contribution in [0.5, 0.6) is 0 Å². The van der Waals surface area contributed by atoms with Gasteiger partial charge in [-0.15, -0.1) is 0 Å². The molecule has 2 N–H and O–H groups in total. The Morgan fingerprint density at radius 1 is 1.25 bits per heavy atom. The zero-order valence-corrected chi connectivity index (χ0v) is 8.94. The van der Waals surface area contributed by atoms with Crippen LogP contribution in [0.25, 0.3) is 0 Å². The van der Waals surface area contributed by atoms with Crippen LogP contribution in [0.1, 0.15) is 11.1 Å². The second kappa shape index (κ2) is 4.31. The van der Waals surface area contributed by atoms with Crippen molar-refractivity contribution >= 4 is 12.5 Å². The number of fused-ring (bicyclic) bond motifs is 1. The van der Waals surface area contributed by atoms with Crippen molar-refractivity contribution in [1.82, 2.24) is 5.32 Å². The van der Waals surface area contributed by atoms with Gasteiger partial charge in [0.1, 0.15) is 11.8 Å². The fourth-order valence-corrected chi connectivity index (χ4v) is 2.13. The third-order valence-corrected chi connectivity index (χ3v) is 2.92. The first-order valence-corrected chi connectivity index (χ1v) is 5.26. The Bertz CT molecular complexity index is 412. The molecule has 0 heterocycles. The summed E-state index contributed by atoms with van der Waals surface area (Å²) in [5.74, 6) is 0. The molecule has 2 rings (SSSR count). The van der Waals surface area contributed by atoms with Crippen LogP contribution in [0.3, 0.4) is 0 Å². The molecule has 3 heteroatoms. The van der Waals surface area contributed by atoms with Crippen LogP contribution < -0.4 is 5.32 Å². The van der Waals surface area contributed by atoms with E-state index in [0.29, 0.717) is 0 Å². The molecule has 0 saturated heterocycles. The minimum Gasteiger partial charge on any atom is -0.378 e. The van der Waals surface area contributed by atoms with E-state index in [1.54, 1.807) is 12.3 Å². The van der Waals surface area contributed by atoms with Crippen molar-refractivity contribution < 1.29 is 4.79 Å². The van der Waals surface area contributed by atoms with Crippen LogP contribution in [-0.4, -0.2) is 18.0 Å². The Morgan fingerprint density at radius 3 is 2.38 bits per heavy atom. The molecule has 0 aliphatic heterocycles. The first-order chi connectivity index (χ1) is 7.79. The van der Waals surface area contributed by atoms with Gasteiger partial charge in [0.15, 0.2) is 0 Å². The minimum absolute atomic E-state index is 0.525. The maximum absolute atomic E-state index is 11.2. The number of aldehydes is 1. The van der Waals surface area contributed by atoms with Crippen molar-refractivity contribution in [3.05, 3.63) is 47.7 Å². The van der Waals surface area contributed by atoms with E-state index < -0.39 is 5.54 Å². The zero-order valence-electron chi connectivity index (χ0n) is 8.94. The molecule has 1 aliphatic rings. The fraction of sp³-hybridized carbons (Fsp3) is 0.231. The largest absolute Gasteiger partial charge is 0.378 e. The highest BCUT2D eigenvalue weighted by molar-refractivity contribution is 5.70. The number of nitrogens with one attached hydrogen (secondary N) is 2. The van der Waals surface area contributed by atoms with Gasteiger partial charge in [-0.05, 0) is 23.4 Å². The smallest absolute Gasteiger partial charge is 0.145 e. The van der Waals surface area contributed by atoms with Gasteiger partial charge >= 0.3 is 0 Å². The fourth-order valence-electron chi connectivity index (χ4n) is 2.13. The zero-order chi connectivity index (χ0) is 11.4. The lowest BCUT2D eigenvalue weighted by atomic mass is 9.98. The molecule has 1 aromatic rings. The summed E-state index contributed by atoms with van der Waals surface area (Å²) in [5, 5.41) is 9.98. The summed E-state index contributed by atoms with van der Waals surface area (Å²) < 4.78 is 0. The quantitative estimate of drug-likeness (QED) is 0.589. The molecule has 0 bridgehead atoms. The molecule has 16 heavy (non-hydrogen) atoms. The van der Waals surface area contributed by atoms with E-state index in [9.17, 15) is 4.79 Å². The van der Waals surface area contributed by atoms with Gasteiger partial charge in [-0.3, -0.25) is 0 Å². The van der Waals surface area contributed by atoms with Gasteiger partial charge < -0.3 is 15.5 Å². The highest BCUT2D eigenvalue weighted by Gasteiger charge is 2.35. The number of hydrogen-bond acceptors (Lipinski definition) is 3. The number of rotatable bonds is 4. The molecule has 0 unspecified atom stereocenters. The molecular weight excluding hydrogens is 200 g/mol. The van der Waals surface area contributed by atoms with E-state index >= 15 is 0 Å². The van der Waals surface area contributed by atoms with Crippen LogP contribution in [0.2, 0.25) is 0 Å². The van der Waals surface area contributed by atoms with Crippen molar-refractivity contribution in [1.29, 1.82) is 5.41 Å². The molecular formula is C13H14N2O. The van der Waals surface area contributed by atoms with Crippen LogP contribution in [0.4, 0.5) is 0 Å². The van der Waals surface area contributed by atoms with Crippen molar-refractivity contribution in [2.45, 2.75) is 18.4 Å². The van der Waals surface area contributed by atoms with E-state index in [0.717, 1.165) is 19.1 Å². The van der Waals surface area contributed by atoms with E-state index in [1.807, 2.05) is 12.1 Å². The van der Waals surface area contributed by atoms with Crippen LogP contribution in [-0.2, 0) is 17.6 Å². The van der Waals surface area contributed by atoms with Gasteiger partial charge in [-0.1, -0.05) is 24.3 Å². The van der Waals surface area contributed by atoms with Crippen molar-refractivity contribution in [3.8, 4) is 0 Å². The maximum atomic E-state index is 11.2. The molecule has 0 aromatic heterocycles. The average molecular weight is 214 g/mol. The van der Waals surface area contributed by atoms with Gasteiger partial charge in [0.05, 0.1) is 0 Å². The normalized spacial score (nSPS) is 17.0. The molecule has 0 amide bonds. The van der Waals surface area contributed by atoms with Crippen LogP contribution in [0.15, 0.2) is 36.5 Å². The maximum Gasteiger partial charge on any atom is 0.145 e. The van der Waals surface area contributed by atoms with Gasteiger partial charge in [-0.2, -0.15) is 0 Å². The van der Waals surface area contributed by atoms with Gasteiger partial charge in [0.2, 0.25) is 0 Å². The standard InChI is InChI=1S/C13H14N2O/c14-6-3-7-15-13(10-16)8-11-4-1-2-5-12(11)9-13/h1-7,10,14-15H,8-9H2/b7-3-,14-6?. The second-order valence-corrected chi connectivity index (χ2v) is 4.07. The summed E-state index contributed by atoms with van der Waals surface area (Å²) in [5.41, 5.74) is 1.93. The lowest BCUT2D eigenvalue weighted by molar-refractivity contribution is -0.112. The predicted octanol–water partition coefficient (Wildman–Crippen LogP) is 1.48. The molecule has 0 atom stereocenters. The number of hydrogen-bond donors (Lipinski definition) is 2. The second-order valence-electron chi connectivity index (χ2n) is 4.07. The molecule has 3 nitrogen and oxygen atoms in total. The molecule has 0 fully saturated rings. The Hall–Kier alpha value is -1.90. The molecule has 82 valence electrons. The Kier molecular flexibility index (Phi) is 2.86. The highest BCUT2D eigenvalue weighted by Crippen LogP contribution is 2.28. The predicted molar refractivity (Wildman–Crippen MR) is 63.7 cm³/mol. The summed E-state index contributed by atoms with van der Waals surface area (Å²) in [7, 11) is 0. The summed E-state index contributed by atoms with van der Waals surface area (Å²) in [6, 6.07) is 8.10. The molecule has 0 spiro atoms. The van der Waals surface area contributed by atoms with E-state index in [1.165, 1.54) is 17.3 Å². The lowest BCUT2D eigenvalue weighted by Gasteiger charge is -2.22. The third-order valence-electron chi connectivity index (χ3n) is 2.92. The van der Waals surface area contributed by atoms with Crippen molar-refractivity contribution in [3.63, 3.8) is 0 Å². The molecule has 1 aromatic carbocycles. The SMILES string of the molecule is N=C/C=C\NC1(C=O)Cc2ccccc2C1. The Labute approximate surface area is 94.7 Å². The Balaban J connectivity index is 2.19. The van der Waals surface area contributed by atoms with E-state index in [4.69, 9.17) is 5.41 Å². The lowest BCUT2D eigenvalue weighted by Crippen LogP contribution is -2.44. The number of carbonyl (C=O) groups excluding carboxylic acids is 1. The van der Waals surface area contributed by atoms with Crippen molar-refractivity contribution in [2.75, 3.05) is 0 Å². The van der Waals surface area contributed by atoms with E-state index in [-0.39, 0.29) is 0 Å². The van der Waals surface area contributed by atoms with Gasteiger partial charge in [0, 0.05) is 19.1 Å². The van der Waals surface area contributed by atoms with E-state index in [2.05, 4.69) is 17.4 Å². The summed E-state index contributed by atoms with van der Waals surface area (Å²) in [6.45, 7) is 0. The van der Waals surface area contributed by atoms with Crippen LogP contribution >= 0.6 is 0 Å². The Morgan fingerprint density at radius 2 is 1.88 bits per heavy atom. The van der Waals surface area contributed by atoms with Crippen molar-refractivity contribution in [2.24, 2.45) is 0 Å². The minimum atomic E-state index is -0.525. The first-order valence-electron chi connectivity index (χ1n) is 5.26. The number of allylic oxidation sites excluding steroid dienone is 1. The molecule has 0 radical (unpaired) electrons. The van der Waals surface area contributed by atoms with Crippen LogP contribution in [0, 0.1) is 5.41 Å². The summed E-state index contributed by atoms with van der Waals surface area (Å²) in [4.78, 5) is 11.2. The van der Waals surface area contributed by atoms with Gasteiger partial charge in [0.25, 0.3) is 0 Å². The number of benzene rings is 1. The third kappa shape index (κ3) is 1.89. The molecule has 1 aliphatic carbocycles.